The number of hydrogen-bond donors (Lipinski definition) is 1. The Bertz CT molecular complexity index is 329. The smallest absolute Gasteiger partial charge is 0.0177 e. The van der Waals surface area contributed by atoms with E-state index in [1.807, 2.05) is 0 Å². The van der Waals surface area contributed by atoms with Crippen molar-refractivity contribution in [2.45, 2.75) is 44.1 Å². The second-order valence-electron chi connectivity index (χ2n) is 4.70. The highest BCUT2D eigenvalue weighted by molar-refractivity contribution is 9.10. The molecule has 0 aliphatic heterocycles. The number of halogens is 1. The van der Waals surface area contributed by atoms with Crippen molar-refractivity contribution < 1.29 is 0 Å². The van der Waals surface area contributed by atoms with Gasteiger partial charge in [0.1, 0.15) is 0 Å². The zero-order valence-corrected chi connectivity index (χ0v) is 10.6. The summed E-state index contributed by atoms with van der Waals surface area (Å²) in [5.74, 6) is 0. The molecule has 0 amide bonds. The molecule has 1 aromatic carbocycles. The van der Waals surface area contributed by atoms with Crippen molar-refractivity contribution in [3.63, 3.8) is 0 Å². The van der Waals surface area contributed by atoms with E-state index >= 15 is 0 Å². The minimum Gasteiger partial charge on any atom is -0.325 e. The lowest BCUT2D eigenvalue weighted by Crippen LogP contribution is -2.36. The van der Waals surface area contributed by atoms with Crippen LogP contribution in [0.25, 0.3) is 0 Å². The van der Waals surface area contributed by atoms with Crippen molar-refractivity contribution in [2.24, 2.45) is 5.73 Å². The van der Waals surface area contributed by atoms with Crippen LogP contribution < -0.4 is 5.73 Å². The monoisotopic (exact) mass is 267 g/mol. The largest absolute Gasteiger partial charge is 0.325 e. The molecule has 0 atom stereocenters. The molecule has 2 heteroatoms. The van der Waals surface area contributed by atoms with Crippen LogP contribution in [0.15, 0.2) is 28.7 Å². The van der Waals surface area contributed by atoms with Gasteiger partial charge in [0.05, 0.1) is 0 Å². The van der Waals surface area contributed by atoms with Crippen molar-refractivity contribution in [2.75, 3.05) is 0 Å². The van der Waals surface area contributed by atoms with Gasteiger partial charge < -0.3 is 5.73 Å². The summed E-state index contributed by atoms with van der Waals surface area (Å²) >= 11 is 3.50. The van der Waals surface area contributed by atoms with E-state index in [1.54, 1.807) is 0 Å². The van der Waals surface area contributed by atoms with Crippen LogP contribution >= 0.6 is 15.9 Å². The third-order valence-corrected chi connectivity index (χ3v) is 3.89. The molecular weight excluding hydrogens is 250 g/mol. The Labute approximate surface area is 100 Å². The van der Waals surface area contributed by atoms with Crippen molar-refractivity contribution in [1.82, 2.24) is 0 Å². The molecule has 0 unspecified atom stereocenters. The van der Waals surface area contributed by atoms with Crippen LogP contribution in [0.2, 0.25) is 0 Å². The standard InChI is InChI=1S/C13H18BrN/c14-12-5-3-4-11(10-12)6-9-13(15)7-1-2-8-13/h3-5,10H,1-2,6-9,15H2. The van der Waals surface area contributed by atoms with Gasteiger partial charge in [-0.25, -0.2) is 0 Å². The first-order valence-electron chi connectivity index (χ1n) is 5.71. The molecular formula is C13H18BrN. The topological polar surface area (TPSA) is 26.0 Å². The highest BCUT2D eigenvalue weighted by Gasteiger charge is 2.28. The lowest BCUT2D eigenvalue weighted by Gasteiger charge is -2.23. The van der Waals surface area contributed by atoms with Gasteiger partial charge in [0.2, 0.25) is 0 Å². The Morgan fingerprint density at radius 2 is 2.00 bits per heavy atom. The van der Waals surface area contributed by atoms with Crippen LogP contribution in [-0.2, 0) is 6.42 Å². The van der Waals surface area contributed by atoms with Crippen molar-refractivity contribution >= 4 is 15.9 Å². The third-order valence-electron chi connectivity index (χ3n) is 3.40. The number of aryl methyl sites for hydroxylation is 1. The average molecular weight is 268 g/mol. The third kappa shape index (κ3) is 3.05. The fourth-order valence-corrected chi connectivity index (χ4v) is 2.86. The molecule has 0 bridgehead atoms. The number of nitrogens with two attached hydrogens (primary N) is 1. The van der Waals surface area contributed by atoms with Crippen LogP contribution in [0, 0.1) is 0 Å². The quantitative estimate of drug-likeness (QED) is 0.889. The summed E-state index contributed by atoms with van der Waals surface area (Å²) in [5, 5.41) is 0. The van der Waals surface area contributed by atoms with E-state index in [1.165, 1.54) is 31.2 Å². The molecule has 0 aromatic heterocycles. The average Bonchev–Trinajstić information content (AvgIpc) is 2.63. The molecule has 0 spiro atoms. The van der Waals surface area contributed by atoms with E-state index < -0.39 is 0 Å². The van der Waals surface area contributed by atoms with Crippen LogP contribution in [-0.4, -0.2) is 5.54 Å². The van der Waals surface area contributed by atoms with Gasteiger partial charge >= 0.3 is 0 Å². The molecule has 0 saturated heterocycles. The number of benzene rings is 1. The normalized spacial score (nSPS) is 19.3. The fraction of sp³-hybridized carbons (Fsp3) is 0.538. The summed E-state index contributed by atoms with van der Waals surface area (Å²) in [6, 6.07) is 8.54. The summed E-state index contributed by atoms with van der Waals surface area (Å²) in [6.07, 6.45) is 7.28. The minimum absolute atomic E-state index is 0.127. The summed E-state index contributed by atoms with van der Waals surface area (Å²) < 4.78 is 1.16. The molecule has 1 saturated carbocycles. The van der Waals surface area contributed by atoms with Crippen LogP contribution in [0.3, 0.4) is 0 Å². The van der Waals surface area contributed by atoms with E-state index in [-0.39, 0.29) is 5.54 Å². The van der Waals surface area contributed by atoms with Crippen LogP contribution in [0.1, 0.15) is 37.7 Å². The molecule has 2 N–H and O–H groups in total. The summed E-state index contributed by atoms with van der Waals surface area (Å²) in [6.45, 7) is 0. The van der Waals surface area contributed by atoms with Gasteiger partial charge in [0, 0.05) is 10.0 Å². The Hall–Kier alpha value is -0.340. The maximum absolute atomic E-state index is 6.33. The predicted molar refractivity (Wildman–Crippen MR) is 67.8 cm³/mol. The lowest BCUT2D eigenvalue weighted by molar-refractivity contribution is 0.406. The predicted octanol–water partition coefficient (Wildman–Crippen LogP) is 3.65. The van der Waals surface area contributed by atoms with Gasteiger partial charge in [0.25, 0.3) is 0 Å². The lowest BCUT2D eigenvalue weighted by atomic mass is 9.91. The Morgan fingerprint density at radius 3 is 2.67 bits per heavy atom. The molecule has 1 aromatic rings. The molecule has 2 rings (SSSR count). The molecule has 1 aliphatic rings. The molecule has 0 radical (unpaired) electrons. The zero-order valence-electron chi connectivity index (χ0n) is 9.01. The van der Waals surface area contributed by atoms with Crippen LogP contribution in [0.4, 0.5) is 0 Å². The molecule has 0 heterocycles. The van der Waals surface area contributed by atoms with Gasteiger partial charge in [-0.15, -0.1) is 0 Å². The Kier molecular flexibility index (Phi) is 3.47. The first-order chi connectivity index (χ1) is 7.18. The molecule has 82 valence electrons. The summed E-state index contributed by atoms with van der Waals surface area (Å²) in [5.41, 5.74) is 7.85. The second kappa shape index (κ2) is 4.67. The maximum Gasteiger partial charge on any atom is 0.0177 e. The number of rotatable bonds is 3. The molecule has 1 nitrogen and oxygen atoms in total. The first-order valence-corrected chi connectivity index (χ1v) is 6.51. The highest BCUT2D eigenvalue weighted by atomic mass is 79.9. The maximum atomic E-state index is 6.33. The van der Waals surface area contributed by atoms with Crippen molar-refractivity contribution in [1.29, 1.82) is 0 Å². The van der Waals surface area contributed by atoms with Crippen molar-refractivity contribution in [3.8, 4) is 0 Å². The van der Waals surface area contributed by atoms with Gasteiger partial charge in [0.15, 0.2) is 0 Å². The van der Waals surface area contributed by atoms with Crippen molar-refractivity contribution in [3.05, 3.63) is 34.3 Å². The molecule has 15 heavy (non-hydrogen) atoms. The van der Waals surface area contributed by atoms with Gasteiger partial charge in [-0.2, -0.15) is 0 Å². The van der Waals surface area contributed by atoms with Crippen LogP contribution in [0.5, 0.6) is 0 Å². The Balaban J connectivity index is 1.92. The van der Waals surface area contributed by atoms with E-state index in [0.717, 1.165) is 17.3 Å². The Morgan fingerprint density at radius 1 is 1.27 bits per heavy atom. The van der Waals surface area contributed by atoms with E-state index in [4.69, 9.17) is 5.73 Å². The zero-order chi connectivity index (χ0) is 10.7. The number of hydrogen-bond acceptors (Lipinski definition) is 1. The van der Waals surface area contributed by atoms with Gasteiger partial charge in [-0.05, 0) is 43.4 Å². The van der Waals surface area contributed by atoms with Gasteiger partial charge in [-0.3, -0.25) is 0 Å². The van der Waals surface area contributed by atoms with E-state index in [2.05, 4.69) is 40.2 Å². The highest BCUT2D eigenvalue weighted by Crippen LogP contribution is 2.31. The van der Waals surface area contributed by atoms with E-state index in [0.29, 0.717) is 0 Å². The summed E-state index contributed by atoms with van der Waals surface area (Å²) in [4.78, 5) is 0. The minimum atomic E-state index is 0.127. The molecule has 1 fully saturated rings. The fourth-order valence-electron chi connectivity index (χ4n) is 2.41. The van der Waals surface area contributed by atoms with E-state index in [9.17, 15) is 0 Å². The SMILES string of the molecule is NC1(CCc2cccc(Br)c2)CCCC1. The summed E-state index contributed by atoms with van der Waals surface area (Å²) in [7, 11) is 0. The van der Waals surface area contributed by atoms with Gasteiger partial charge in [-0.1, -0.05) is 40.9 Å². The molecule has 1 aliphatic carbocycles. The first kappa shape index (κ1) is 11.2. The second-order valence-corrected chi connectivity index (χ2v) is 5.62.